The number of hydrogen-bond donors (Lipinski definition) is 1. The smallest absolute Gasteiger partial charge is 0.358 e. The highest BCUT2D eigenvalue weighted by Gasteiger charge is 2.19. The average molecular weight is 261 g/mol. The van der Waals surface area contributed by atoms with E-state index in [0.29, 0.717) is 5.76 Å². The number of carbonyl (C=O) groups is 1. The number of hydrogen-bond acceptors (Lipinski definition) is 4. The Balaban J connectivity index is 2.57. The molecule has 5 nitrogen and oxygen atoms in total. The molecule has 0 atom stereocenters. The molecule has 0 aliphatic heterocycles. The van der Waals surface area contributed by atoms with Crippen LogP contribution in [0.4, 0.5) is 0 Å². The van der Waals surface area contributed by atoms with Crippen molar-refractivity contribution >= 4 is 5.97 Å². The number of benzene rings is 1. The van der Waals surface area contributed by atoms with Gasteiger partial charge in [-0.1, -0.05) is 31.1 Å². The van der Waals surface area contributed by atoms with Crippen LogP contribution in [0.1, 0.15) is 35.8 Å². The van der Waals surface area contributed by atoms with Gasteiger partial charge in [-0.05, 0) is 12.0 Å². The molecule has 0 fully saturated rings. The van der Waals surface area contributed by atoms with Gasteiger partial charge in [-0.2, -0.15) is 0 Å². The molecule has 2 aromatic rings. The standard InChI is InChI=1S/C14H15NO4/c1-8(2)13-9(5-4-6-11(13)18-3)12-7-10(14(16)17)15-19-12/h4-8H,1-3H3,(H,16,17). The lowest BCUT2D eigenvalue weighted by Crippen LogP contribution is -1.97. The van der Waals surface area contributed by atoms with Gasteiger partial charge in [0.25, 0.3) is 0 Å². The highest BCUT2D eigenvalue weighted by molar-refractivity contribution is 5.86. The maximum absolute atomic E-state index is 10.8. The summed E-state index contributed by atoms with van der Waals surface area (Å²) in [6, 6.07) is 6.99. The molecular weight excluding hydrogens is 246 g/mol. The molecule has 0 aliphatic carbocycles. The normalized spacial score (nSPS) is 10.7. The molecule has 1 aromatic heterocycles. The summed E-state index contributed by atoms with van der Waals surface area (Å²) in [6.07, 6.45) is 0. The van der Waals surface area contributed by atoms with Crippen LogP contribution in [0.2, 0.25) is 0 Å². The summed E-state index contributed by atoms with van der Waals surface area (Å²) in [7, 11) is 1.61. The molecule has 100 valence electrons. The van der Waals surface area contributed by atoms with Crippen LogP contribution < -0.4 is 4.74 Å². The summed E-state index contributed by atoms with van der Waals surface area (Å²) in [5.74, 6) is 0.286. The lowest BCUT2D eigenvalue weighted by atomic mass is 9.94. The Hall–Kier alpha value is -2.30. The molecule has 0 bridgehead atoms. The molecule has 0 amide bonds. The van der Waals surface area contributed by atoms with Crippen molar-refractivity contribution in [2.75, 3.05) is 7.11 Å². The van der Waals surface area contributed by atoms with Crippen LogP contribution in [0, 0.1) is 0 Å². The molecule has 1 heterocycles. The van der Waals surface area contributed by atoms with Crippen molar-refractivity contribution in [2.45, 2.75) is 19.8 Å². The van der Waals surface area contributed by atoms with Gasteiger partial charge in [0.1, 0.15) is 5.75 Å². The zero-order chi connectivity index (χ0) is 14.0. The Bertz CT molecular complexity index is 601. The number of aromatic nitrogens is 1. The van der Waals surface area contributed by atoms with Gasteiger partial charge >= 0.3 is 5.97 Å². The zero-order valence-corrected chi connectivity index (χ0v) is 11.0. The van der Waals surface area contributed by atoms with E-state index in [0.717, 1.165) is 16.9 Å². The van der Waals surface area contributed by atoms with E-state index in [-0.39, 0.29) is 11.6 Å². The number of methoxy groups -OCH3 is 1. The second kappa shape index (κ2) is 5.14. The van der Waals surface area contributed by atoms with E-state index in [1.807, 2.05) is 32.0 Å². The molecule has 0 saturated carbocycles. The summed E-state index contributed by atoms with van der Waals surface area (Å²) in [6.45, 7) is 4.08. The van der Waals surface area contributed by atoms with Crippen molar-refractivity contribution in [2.24, 2.45) is 0 Å². The quantitative estimate of drug-likeness (QED) is 0.915. The molecule has 5 heteroatoms. The lowest BCUT2D eigenvalue weighted by molar-refractivity contribution is 0.0686. The fourth-order valence-corrected chi connectivity index (χ4v) is 2.04. The Kier molecular flexibility index (Phi) is 3.55. The largest absolute Gasteiger partial charge is 0.496 e. The number of carboxylic acids is 1. The first-order chi connectivity index (χ1) is 9.04. The van der Waals surface area contributed by atoms with Crippen LogP contribution in [0.3, 0.4) is 0 Å². The summed E-state index contributed by atoms with van der Waals surface area (Å²) < 4.78 is 10.5. The lowest BCUT2D eigenvalue weighted by Gasteiger charge is -2.15. The van der Waals surface area contributed by atoms with Crippen LogP contribution in [-0.4, -0.2) is 23.3 Å². The first-order valence-electron chi connectivity index (χ1n) is 5.92. The van der Waals surface area contributed by atoms with E-state index in [2.05, 4.69) is 5.16 Å². The SMILES string of the molecule is COc1cccc(-c2cc(C(=O)O)no2)c1C(C)C. The van der Waals surface area contributed by atoms with E-state index in [4.69, 9.17) is 14.4 Å². The Morgan fingerprint density at radius 2 is 2.16 bits per heavy atom. The molecule has 1 aromatic carbocycles. The number of aromatic carboxylic acids is 1. The fraction of sp³-hybridized carbons (Fsp3) is 0.286. The van der Waals surface area contributed by atoms with Gasteiger partial charge in [-0.3, -0.25) is 0 Å². The molecule has 19 heavy (non-hydrogen) atoms. The van der Waals surface area contributed by atoms with E-state index in [9.17, 15) is 4.79 Å². The number of rotatable bonds is 4. The highest BCUT2D eigenvalue weighted by atomic mass is 16.5. The highest BCUT2D eigenvalue weighted by Crippen LogP contribution is 2.36. The van der Waals surface area contributed by atoms with E-state index in [1.165, 1.54) is 6.07 Å². The molecule has 2 rings (SSSR count). The van der Waals surface area contributed by atoms with Gasteiger partial charge in [-0.25, -0.2) is 4.79 Å². The first-order valence-corrected chi connectivity index (χ1v) is 5.92. The van der Waals surface area contributed by atoms with Crippen molar-refractivity contribution in [3.63, 3.8) is 0 Å². The zero-order valence-electron chi connectivity index (χ0n) is 11.0. The summed E-state index contributed by atoms with van der Waals surface area (Å²) in [4.78, 5) is 10.8. The Labute approximate surface area is 110 Å². The maximum atomic E-state index is 10.8. The fourth-order valence-electron chi connectivity index (χ4n) is 2.04. The van der Waals surface area contributed by atoms with Crippen molar-refractivity contribution in [3.8, 4) is 17.1 Å². The minimum Gasteiger partial charge on any atom is -0.496 e. The van der Waals surface area contributed by atoms with Crippen LogP contribution in [0.25, 0.3) is 11.3 Å². The minimum atomic E-state index is -1.11. The second-order valence-corrected chi connectivity index (χ2v) is 4.46. The third-order valence-electron chi connectivity index (χ3n) is 2.86. The maximum Gasteiger partial charge on any atom is 0.358 e. The molecule has 0 unspecified atom stereocenters. The molecular formula is C14H15NO4. The van der Waals surface area contributed by atoms with Crippen molar-refractivity contribution < 1.29 is 19.2 Å². The molecule has 0 radical (unpaired) electrons. The Morgan fingerprint density at radius 3 is 2.68 bits per heavy atom. The van der Waals surface area contributed by atoms with Gasteiger partial charge in [0.15, 0.2) is 11.5 Å². The van der Waals surface area contributed by atoms with Crippen LogP contribution in [-0.2, 0) is 0 Å². The summed E-state index contributed by atoms with van der Waals surface area (Å²) in [5.41, 5.74) is 1.67. The molecule has 0 saturated heterocycles. The first kappa shape index (κ1) is 13.1. The predicted octanol–water partition coefficient (Wildman–Crippen LogP) is 3.17. The van der Waals surface area contributed by atoms with Crippen LogP contribution in [0.5, 0.6) is 5.75 Å². The monoisotopic (exact) mass is 261 g/mol. The third-order valence-corrected chi connectivity index (χ3v) is 2.86. The van der Waals surface area contributed by atoms with Crippen molar-refractivity contribution in [1.82, 2.24) is 5.16 Å². The van der Waals surface area contributed by atoms with Crippen molar-refractivity contribution in [1.29, 1.82) is 0 Å². The molecule has 0 aliphatic rings. The number of carboxylic acid groups (broad SMARTS) is 1. The van der Waals surface area contributed by atoms with Gasteiger partial charge in [0, 0.05) is 17.2 Å². The van der Waals surface area contributed by atoms with Gasteiger partial charge in [0.05, 0.1) is 7.11 Å². The van der Waals surface area contributed by atoms with E-state index < -0.39 is 5.97 Å². The van der Waals surface area contributed by atoms with E-state index in [1.54, 1.807) is 7.11 Å². The molecule has 1 N–H and O–H groups in total. The topological polar surface area (TPSA) is 72.6 Å². The number of ether oxygens (including phenoxy) is 1. The summed E-state index contributed by atoms with van der Waals surface area (Å²) in [5, 5.41) is 12.4. The van der Waals surface area contributed by atoms with E-state index >= 15 is 0 Å². The molecule has 0 spiro atoms. The van der Waals surface area contributed by atoms with Crippen LogP contribution >= 0.6 is 0 Å². The Morgan fingerprint density at radius 1 is 1.42 bits per heavy atom. The minimum absolute atomic E-state index is 0.104. The average Bonchev–Trinajstić information content (AvgIpc) is 2.87. The predicted molar refractivity (Wildman–Crippen MR) is 69.5 cm³/mol. The van der Waals surface area contributed by atoms with Gasteiger partial charge in [0.2, 0.25) is 0 Å². The van der Waals surface area contributed by atoms with Crippen molar-refractivity contribution in [3.05, 3.63) is 35.5 Å². The van der Waals surface area contributed by atoms with Crippen LogP contribution in [0.15, 0.2) is 28.8 Å². The van der Waals surface area contributed by atoms with Gasteiger partial charge in [-0.15, -0.1) is 0 Å². The number of nitrogens with zero attached hydrogens (tertiary/aromatic N) is 1. The van der Waals surface area contributed by atoms with Gasteiger partial charge < -0.3 is 14.4 Å². The summed E-state index contributed by atoms with van der Waals surface area (Å²) >= 11 is 0. The third kappa shape index (κ3) is 2.45. The second-order valence-electron chi connectivity index (χ2n) is 4.46.